The summed E-state index contributed by atoms with van der Waals surface area (Å²) in [6, 6.07) is 9.60. The van der Waals surface area contributed by atoms with Crippen LogP contribution in [0.3, 0.4) is 0 Å². The largest absolute Gasteiger partial charge is 0.481 e. The number of nitrogens with one attached hydrogen (secondary N) is 1. The molecule has 2 amide bonds. The third kappa shape index (κ3) is 5.58. The predicted molar refractivity (Wildman–Crippen MR) is 89.3 cm³/mol. The molecule has 1 aromatic carbocycles. The summed E-state index contributed by atoms with van der Waals surface area (Å²) in [5, 5.41) is 11.9. The number of hydrogen-bond acceptors (Lipinski definition) is 2. The standard InChI is InChI=1S/C18H26N2O3/c1-18(2)10-11-20(13-18)17(23)19-15(8-9-16(21)22)12-14-6-4-3-5-7-14/h3-7,15H,8-13H2,1-2H3,(H,19,23)(H,21,22). The van der Waals surface area contributed by atoms with Gasteiger partial charge in [-0.2, -0.15) is 0 Å². The Morgan fingerprint density at radius 3 is 2.57 bits per heavy atom. The number of carboxylic acid groups (broad SMARTS) is 1. The Bertz CT molecular complexity index is 542. The first kappa shape index (κ1) is 17.3. The second-order valence-electron chi connectivity index (χ2n) is 7.10. The van der Waals surface area contributed by atoms with Gasteiger partial charge in [0.05, 0.1) is 0 Å². The fourth-order valence-corrected chi connectivity index (χ4v) is 2.97. The fraction of sp³-hybridized carbons (Fsp3) is 0.556. The van der Waals surface area contributed by atoms with Gasteiger partial charge in [-0.3, -0.25) is 4.79 Å². The topological polar surface area (TPSA) is 69.6 Å². The van der Waals surface area contributed by atoms with Crippen LogP contribution in [0.15, 0.2) is 30.3 Å². The molecule has 2 rings (SSSR count). The molecule has 23 heavy (non-hydrogen) atoms. The summed E-state index contributed by atoms with van der Waals surface area (Å²) in [6.07, 6.45) is 2.15. The Hall–Kier alpha value is -2.04. The highest BCUT2D eigenvalue weighted by Gasteiger charge is 2.32. The highest BCUT2D eigenvalue weighted by Crippen LogP contribution is 2.28. The monoisotopic (exact) mass is 318 g/mol. The summed E-state index contributed by atoms with van der Waals surface area (Å²) in [7, 11) is 0. The van der Waals surface area contributed by atoms with Gasteiger partial charge in [-0.1, -0.05) is 44.2 Å². The average Bonchev–Trinajstić information content (AvgIpc) is 2.86. The first-order valence-corrected chi connectivity index (χ1v) is 8.17. The Morgan fingerprint density at radius 2 is 2.00 bits per heavy atom. The van der Waals surface area contributed by atoms with E-state index < -0.39 is 5.97 Å². The van der Waals surface area contributed by atoms with Crippen molar-refractivity contribution in [3.8, 4) is 0 Å². The van der Waals surface area contributed by atoms with Gasteiger partial charge in [0.1, 0.15) is 0 Å². The molecule has 0 spiro atoms. The SMILES string of the molecule is CC1(C)CCN(C(=O)NC(CCC(=O)O)Cc2ccccc2)C1. The third-order valence-electron chi connectivity index (χ3n) is 4.32. The Labute approximate surface area is 137 Å². The maximum absolute atomic E-state index is 12.4. The van der Waals surface area contributed by atoms with Crippen molar-refractivity contribution >= 4 is 12.0 Å². The smallest absolute Gasteiger partial charge is 0.317 e. The molecule has 1 atom stereocenters. The molecule has 1 aliphatic rings. The molecular formula is C18H26N2O3. The molecule has 0 bridgehead atoms. The number of carbonyl (C=O) groups is 2. The molecular weight excluding hydrogens is 292 g/mol. The average molecular weight is 318 g/mol. The number of hydrogen-bond donors (Lipinski definition) is 2. The quantitative estimate of drug-likeness (QED) is 0.847. The van der Waals surface area contributed by atoms with Gasteiger partial charge in [-0.25, -0.2) is 4.79 Å². The summed E-state index contributed by atoms with van der Waals surface area (Å²) >= 11 is 0. The summed E-state index contributed by atoms with van der Waals surface area (Å²) in [5.74, 6) is -0.834. The lowest BCUT2D eigenvalue weighted by Crippen LogP contribution is -2.45. The van der Waals surface area contributed by atoms with Crippen molar-refractivity contribution in [1.29, 1.82) is 0 Å². The van der Waals surface area contributed by atoms with Crippen LogP contribution in [0.2, 0.25) is 0 Å². The Kier molecular flexibility index (Phi) is 5.64. The minimum absolute atomic E-state index is 0.0588. The van der Waals surface area contributed by atoms with Gasteiger partial charge in [-0.15, -0.1) is 0 Å². The number of carboxylic acids is 1. The molecule has 126 valence electrons. The molecule has 0 aliphatic carbocycles. The fourth-order valence-electron chi connectivity index (χ4n) is 2.97. The van der Waals surface area contributed by atoms with Crippen LogP contribution in [-0.2, 0) is 11.2 Å². The van der Waals surface area contributed by atoms with E-state index in [1.54, 1.807) is 0 Å². The van der Waals surface area contributed by atoms with Crippen molar-refractivity contribution < 1.29 is 14.7 Å². The number of benzene rings is 1. The van der Waals surface area contributed by atoms with E-state index in [-0.39, 0.29) is 23.9 Å². The number of carbonyl (C=O) groups excluding carboxylic acids is 1. The van der Waals surface area contributed by atoms with E-state index in [4.69, 9.17) is 5.11 Å². The van der Waals surface area contributed by atoms with E-state index in [0.29, 0.717) is 12.8 Å². The molecule has 1 unspecified atom stereocenters. The summed E-state index contributed by atoms with van der Waals surface area (Å²) < 4.78 is 0. The van der Waals surface area contributed by atoms with Gasteiger partial charge >= 0.3 is 12.0 Å². The van der Waals surface area contributed by atoms with E-state index in [0.717, 1.165) is 25.1 Å². The zero-order chi connectivity index (χ0) is 16.9. The van der Waals surface area contributed by atoms with Gasteiger partial charge in [-0.05, 0) is 30.2 Å². The molecule has 0 radical (unpaired) electrons. The normalized spacial score (nSPS) is 17.7. The molecule has 5 heteroatoms. The molecule has 0 saturated carbocycles. The first-order chi connectivity index (χ1) is 10.9. The molecule has 0 aromatic heterocycles. The summed E-state index contributed by atoms with van der Waals surface area (Å²) in [5.41, 5.74) is 1.26. The number of amides is 2. The van der Waals surface area contributed by atoms with Crippen molar-refractivity contribution in [2.24, 2.45) is 5.41 Å². The minimum atomic E-state index is -0.834. The van der Waals surface area contributed by atoms with Crippen LogP contribution < -0.4 is 5.32 Å². The highest BCUT2D eigenvalue weighted by atomic mass is 16.4. The molecule has 5 nitrogen and oxygen atoms in total. The summed E-state index contributed by atoms with van der Waals surface area (Å²) in [4.78, 5) is 25.1. The number of nitrogens with zero attached hydrogens (tertiary/aromatic N) is 1. The second kappa shape index (κ2) is 7.49. The predicted octanol–water partition coefficient (Wildman–Crippen LogP) is 2.90. The maximum Gasteiger partial charge on any atom is 0.317 e. The number of likely N-dealkylation sites (tertiary alicyclic amines) is 1. The van der Waals surface area contributed by atoms with Gasteiger partial charge in [0.2, 0.25) is 0 Å². The zero-order valence-electron chi connectivity index (χ0n) is 13.9. The van der Waals surface area contributed by atoms with Crippen molar-refractivity contribution in [2.45, 2.75) is 45.6 Å². The number of rotatable bonds is 6. The van der Waals surface area contributed by atoms with Gasteiger partial charge in [0.25, 0.3) is 0 Å². The molecule has 1 saturated heterocycles. The molecule has 2 N–H and O–H groups in total. The van der Waals surface area contributed by atoms with Crippen molar-refractivity contribution in [1.82, 2.24) is 10.2 Å². The van der Waals surface area contributed by atoms with Gasteiger partial charge < -0.3 is 15.3 Å². The van der Waals surface area contributed by atoms with Crippen LogP contribution >= 0.6 is 0 Å². The van der Waals surface area contributed by atoms with Crippen molar-refractivity contribution in [2.75, 3.05) is 13.1 Å². The zero-order valence-corrected chi connectivity index (χ0v) is 13.9. The van der Waals surface area contributed by atoms with Crippen LogP contribution in [0, 0.1) is 5.41 Å². The Balaban J connectivity index is 1.96. The van der Waals surface area contributed by atoms with Crippen LogP contribution in [0.1, 0.15) is 38.7 Å². The molecule has 1 fully saturated rings. The van der Waals surface area contributed by atoms with Gasteiger partial charge in [0, 0.05) is 25.6 Å². The van der Waals surface area contributed by atoms with Crippen LogP contribution in [0.25, 0.3) is 0 Å². The lowest BCUT2D eigenvalue weighted by molar-refractivity contribution is -0.137. The van der Waals surface area contributed by atoms with Crippen molar-refractivity contribution in [3.63, 3.8) is 0 Å². The van der Waals surface area contributed by atoms with Crippen LogP contribution in [0.4, 0.5) is 4.79 Å². The van der Waals surface area contributed by atoms with E-state index in [1.807, 2.05) is 35.2 Å². The number of aliphatic carboxylic acids is 1. The molecule has 1 aliphatic heterocycles. The molecule has 1 heterocycles. The highest BCUT2D eigenvalue weighted by molar-refractivity contribution is 5.75. The third-order valence-corrected chi connectivity index (χ3v) is 4.32. The van der Waals surface area contributed by atoms with Crippen molar-refractivity contribution in [3.05, 3.63) is 35.9 Å². The lowest BCUT2D eigenvalue weighted by Gasteiger charge is -2.24. The van der Waals surface area contributed by atoms with E-state index >= 15 is 0 Å². The van der Waals surface area contributed by atoms with Crippen LogP contribution in [0.5, 0.6) is 0 Å². The first-order valence-electron chi connectivity index (χ1n) is 8.17. The Morgan fingerprint density at radius 1 is 1.30 bits per heavy atom. The lowest BCUT2D eigenvalue weighted by atomic mass is 9.93. The van der Waals surface area contributed by atoms with Crippen LogP contribution in [-0.4, -0.2) is 41.1 Å². The van der Waals surface area contributed by atoms with E-state index in [1.165, 1.54) is 0 Å². The summed E-state index contributed by atoms with van der Waals surface area (Å²) in [6.45, 7) is 5.82. The van der Waals surface area contributed by atoms with Gasteiger partial charge in [0.15, 0.2) is 0 Å². The molecule has 1 aromatic rings. The maximum atomic E-state index is 12.4. The minimum Gasteiger partial charge on any atom is -0.481 e. The van der Waals surface area contributed by atoms with E-state index in [2.05, 4.69) is 19.2 Å². The second-order valence-corrected chi connectivity index (χ2v) is 7.10. The number of urea groups is 1. The van der Waals surface area contributed by atoms with E-state index in [9.17, 15) is 9.59 Å².